The molecule has 0 saturated carbocycles. The predicted molar refractivity (Wildman–Crippen MR) is 45.5 cm³/mol. The van der Waals surface area contributed by atoms with Crippen LogP contribution in [0.4, 0.5) is 4.39 Å². The lowest BCUT2D eigenvalue weighted by molar-refractivity contribution is -0.127. The molecule has 0 aromatic rings. The highest BCUT2D eigenvalue weighted by Gasteiger charge is 2.52. The molecular formula is C7H13FO4S. The van der Waals surface area contributed by atoms with E-state index in [1.165, 1.54) is 20.8 Å². The molecule has 0 rings (SSSR count). The summed E-state index contributed by atoms with van der Waals surface area (Å²) in [5, 5.41) is -3.16. The molecule has 0 aromatic heterocycles. The van der Waals surface area contributed by atoms with E-state index in [1.54, 1.807) is 0 Å². The van der Waals surface area contributed by atoms with Gasteiger partial charge in [-0.15, -0.1) is 0 Å². The Morgan fingerprint density at radius 1 is 1.54 bits per heavy atom. The summed E-state index contributed by atoms with van der Waals surface area (Å²) in [6.07, 6.45) is -0.269. The molecule has 6 heteroatoms. The van der Waals surface area contributed by atoms with E-state index in [4.69, 9.17) is 4.55 Å². The number of Topliss-reactive ketones (excluding diaryl/α,β-unsaturated/α-hetero) is 1. The Labute approximate surface area is 76.9 Å². The summed E-state index contributed by atoms with van der Waals surface area (Å²) in [4.78, 5) is 11.0. The van der Waals surface area contributed by atoms with Crippen LogP contribution in [0.15, 0.2) is 0 Å². The van der Waals surface area contributed by atoms with Crippen molar-refractivity contribution in [1.29, 1.82) is 0 Å². The number of ketones is 1. The van der Waals surface area contributed by atoms with E-state index in [1.807, 2.05) is 0 Å². The minimum absolute atomic E-state index is 0.269. The molecule has 1 unspecified atom stereocenters. The van der Waals surface area contributed by atoms with Crippen LogP contribution in [0.25, 0.3) is 0 Å². The maximum atomic E-state index is 13.6. The minimum Gasteiger partial charge on any atom is -0.295 e. The molecular weight excluding hydrogens is 199 g/mol. The van der Waals surface area contributed by atoms with Crippen molar-refractivity contribution in [2.24, 2.45) is 5.92 Å². The zero-order valence-electron chi connectivity index (χ0n) is 7.74. The molecule has 0 saturated heterocycles. The Kier molecular flexibility index (Phi) is 3.57. The molecule has 0 amide bonds. The van der Waals surface area contributed by atoms with Crippen molar-refractivity contribution in [2.45, 2.75) is 32.2 Å². The average molecular weight is 212 g/mol. The first-order chi connectivity index (χ1) is 5.67. The van der Waals surface area contributed by atoms with Gasteiger partial charge in [0.2, 0.25) is 0 Å². The average Bonchev–Trinajstić information content (AvgIpc) is 1.98. The van der Waals surface area contributed by atoms with Gasteiger partial charge >= 0.3 is 10.1 Å². The van der Waals surface area contributed by atoms with Gasteiger partial charge in [0, 0.05) is 12.3 Å². The number of halogens is 1. The highest BCUT2D eigenvalue weighted by atomic mass is 32.2. The highest BCUT2D eigenvalue weighted by Crippen LogP contribution is 2.30. The third-order valence-electron chi connectivity index (χ3n) is 1.82. The van der Waals surface area contributed by atoms with Crippen molar-refractivity contribution in [1.82, 2.24) is 0 Å². The van der Waals surface area contributed by atoms with Crippen molar-refractivity contribution in [2.75, 3.05) is 0 Å². The molecule has 0 radical (unpaired) electrons. The number of rotatable bonds is 4. The Bertz CT molecular complexity index is 296. The lowest BCUT2D eigenvalue weighted by atomic mass is 10.0. The molecule has 0 aliphatic heterocycles. The molecule has 4 nitrogen and oxygen atoms in total. The Morgan fingerprint density at radius 2 is 1.92 bits per heavy atom. The van der Waals surface area contributed by atoms with Crippen LogP contribution in [-0.2, 0) is 14.9 Å². The molecule has 13 heavy (non-hydrogen) atoms. The summed E-state index contributed by atoms with van der Waals surface area (Å²) in [5.74, 6) is -2.22. The van der Waals surface area contributed by atoms with E-state index >= 15 is 0 Å². The van der Waals surface area contributed by atoms with Gasteiger partial charge in [-0.05, 0) is 0 Å². The fourth-order valence-electron chi connectivity index (χ4n) is 1.00. The molecule has 1 atom stereocenters. The second kappa shape index (κ2) is 3.71. The van der Waals surface area contributed by atoms with Gasteiger partial charge in [-0.2, -0.15) is 8.42 Å². The van der Waals surface area contributed by atoms with Crippen LogP contribution < -0.4 is 0 Å². The van der Waals surface area contributed by atoms with Crippen LogP contribution in [0.1, 0.15) is 27.2 Å². The van der Waals surface area contributed by atoms with Gasteiger partial charge in [0.15, 0.2) is 5.78 Å². The van der Waals surface area contributed by atoms with Crippen molar-refractivity contribution in [3.8, 4) is 0 Å². The van der Waals surface area contributed by atoms with E-state index in [9.17, 15) is 17.6 Å². The Balaban J connectivity index is 5.34. The Morgan fingerprint density at radius 3 is 2.00 bits per heavy atom. The number of hydrogen-bond donors (Lipinski definition) is 1. The van der Waals surface area contributed by atoms with Crippen molar-refractivity contribution in [3.05, 3.63) is 0 Å². The predicted octanol–water partition coefficient (Wildman–Crippen LogP) is 1.18. The molecule has 78 valence electrons. The van der Waals surface area contributed by atoms with Gasteiger partial charge in [-0.3, -0.25) is 9.35 Å². The SMILES string of the molecule is CCC(=O)C(F)(C(C)C)S(=O)(=O)O. The third-order valence-corrected chi connectivity index (χ3v) is 3.27. The van der Waals surface area contributed by atoms with Gasteiger partial charge in [0.1, 0.15) is 0 Å². The van der Waals surface area contributed by atoms with Gasteiger partial charge in [-0.1, -0.05) is 20.8 Å². The number of carbonyl (C=O) groups excluding carboxylic acids is 1. The van der Waals surface area contributed by atoms with Crippen LogP contribution in [0, 0.1) is 5.92 Å². The maximum absolute atomic E-state index is 13.6. The molecule has 0 aromatic carbocycles. The van der Waals surface area contributed by atoms with Crippen LogP contribution in [-0.4, -0.2) is 23.8 Å². The fourth-order valence-corrected chi connectivity index (χ4v) is 2.03. The quantitative estimate of drug-likeness (QED) is 0.710. The first-order valence-corrected chi connectivity index (χ1v) is 5.31. The van der Waals surface area contributed by atoms with E-state index in [0.717, 1.165) is 0 Å². The van der Waals surface area contributed by atoms with Crippen LogP contribution in [0.2, 0.25) is 0 Å². The molecule has 1 N–H and O–H groups in total. The summed E-state index contributed by atoms with van der Waals surface area (Å²) in [5.41, 5.74) is 0. The van der Waals surface area contributed by atoms with Gasteiger partial charge in [0.05, 0.1) is 0 Å². The third kappa shape index (κ3) is 2.05. The summed E-state index contributed by atoms with van der Waals surface area (Å²) in [6, 6.07) is 0. The first-order valence-electron chi connectivity index (χ1n) is 3.87. The monoisotopic (exact) mass is 212 g/mol. The number of hydrogen-bond acceptors (Lipinski definition) is 3. The van der Waals surface area contributed by atoms with E-state index in [-0.39, 0.29) is 6.42 Å². The van der Waals surface area contributed by atoms with E-state index < -0.39 is 26.8 Å². The standard InChI is InChI=1S/C7H13FO4S/c1-4-6(9)7(8,5(2)3)13(10,11)12/h5H,4H2,1-3H3,(H,10,11,12). The van der Waals surface area contributed by atoms with Crippen LogP contribution >= 0.6 is 0 Å². The lowest BCUT2D eigenvalue weighted by Crippen LogP contribution is -2.46. The van der Waals surface area contributed by atoms with Crippen molar-refractivity contribution in [3.63, 3.8) is 0 Å². The molecule has 0 aliphatic rings. The largest absolute Gasteiger partial charge is 0.308 e. The molecule has 0 heterocycles. The lowest BCUT2D eigenvalue weighted by Gasteiger charge is -2.23. The van der Waals surface area contributed by atoms with Crippen molar-refractivity contribution < 1.29 is 22.2 Å². The van der Waals surface area contributed by atoms with Gasteiger partial charge < -0.3 is 0 Å². The minimum atomic E-state index is -4.99. The second-order valence-electron chi connectivity index (χ2n) is 3.05. The second-order valence-corrected chi connectivity index (χ2v) is 4.60. The Hall–Kier alpha value is -0.490. The molecule has 0 spiro atoms. The highest BCUT2D eigenvalue weighted by molar-refractivity contribution is 7.88. The fraction of sp³-hybridized carbons (Fsp3) is 0.857. The topological polar surface area (TPSA) is 71.4 Å². The number of alkyl halides is 1. The zero-order chi connectivity index (χ0) is 10.9. The summed E-state index contributed by atoms with van der Waals surface area (Å²) >= 11 is 0. The van der Waals surface area contributed by atoms with Crippen molar-refractivity contribution >= 4 is 15.9 Å². The maximum Gasteiger partial charge on any atom is 0.308 e. The van der Waals surface area contributed by atoms with Crippen LogP contribution in [0.5, 0.6) is 0 Å². The summed E-state index contributed by atoms with van der Waals surface area (Å²) in [6.45, 7) is 3.78. The van der Waals surface area contributed by atoms with Crippen LogP contribution in [0.3, 0.4) is 0 Å². The van der Waals surface area contributed by atoms with Gasteiger partial charge in [0.25, 0.3) is 5.00 Å². The van der Waals surface area contributed by atoms with E-state index in [2.05, 4.69) is 0 Å². The zero-order valence-corrected chi connectivity index (χ0v) is 8.56. The summed E-state index contributed by atoms with van der Waals surface area (Å²) < 4.78 is 43.5. The first kappa shape index (κ1) is 12.5. The number of carbonyl (C=O) groups is 1. The van der Waals surface area contributed by atoms with E-state index in [0.29, 0.717) is 0 Å². The summed E-state index contributed by atoms with van der Waals surface area (Å²) in [7, 11) is -4.99. The normalized spacial score (nSPS) is 17.1. The molecule has 0 aliphatic carbocycles. The smallest absolute Gasteiger partial charge is 0.295 e. The molecule has 0 fully saturated rings. The van der Waals surface area contributed by atoms with Gasteiger partial charge in [-0.25, -0.2) is 4.39 Å². The molecule has 0 bridgehead atoms.